The normalized spacial score (nSPS) is 21.7. The number of hydrogen-bond acceptors (Lipinski definition) is 5. The van der Waals surface area contributed by atoms with E-state index >= 15 is 0 Å². The van der Waals surface area contributed by atoms with Crippen LogP contribution in [0.2, 0.25) is 0 Å². The molecule has 2 aromatic carbocycles. The molecule has 3 aromatic rings. The van der Waals surface area contributed by atoms with Gasteiger partial charge >= 0.3 is 6.03 Å². The number of hydrogen-bond donors (Lipinski definition) is 2. The van der Waals surface area contributed by atoms with Gasteiger partial charge in [-0.3, -0.25) is 4.68 Å². The highest BCUT2D eigenvalue weighted by atomic mass is 32.2. The standard InChI is InChI=1S/C25H31N5O2S/c31-25-26-22-17-33-23(24(22)27-25)10-3-1-2-9-20-16-30(29-28-20)13-6-14-32-21-12-11-18-7-4-5-8-19(18)15-21/h4-5,7-8,11-12,15-16,22-24H,1-3,6,9-10,13-14,17H2,(H2,26,27,31)/t22-,23-,24-/m0/s1. The molecule has 33 heavy (non-hydrogen) atoms. The van der Waals surface area contributed by atoms with Gasteiger partial charge in [0.2, 0.25) is 0 Å². The van der Waals surface area contributed by atoms with Gasteiger partial charge in [0.25, 0.3) is 0 Å². The van der Waals surface area contributed by atoms with Crippen molar-refractivity contribution in [2.45, 2.75) is 62.4 Å². The topological polar surface area (TPSA) is 81.1 Å². The van der Waals surface area contributed by atoms with E-state index in [4.69, 9.17) is 4.74 Å². The second kappa shape index (κ2) is 10.5. The Morgan fingerprint density at radius 2 is 1.97 bits per heavy atom. The number of carbonyl (C=O) groups excluding carboxylic acids is 1. The first-order chi connectivity index (χ1) is 16.2. The summed E-state index contributed by atoms with van der Waals surface area (Å²) in [6.07, 6.45) is 8.59. The van der Waals surface area contributed by atoms with E-state index in [1.54, 1.807) is 0 Å². The Hall–Kier alpha value is -2.74. The van der Waals surface area contributed by atoms with Gasteiger partial charge in [-0.2, -0.15) is 11.8 Å². The fourth-order valence-electron chi connectivity index (χ4n) is 4.71. The molecule has 2 amide bonds. The van der Waals surface area contributed by atoms with Crippen molar-refractivity contribution in [2.75, 3.05) is 12.4 Å². The van der Waals surface area contributed by atoms with Crippen LogP contribution in [-0.4, -0.2) is 50.7 Å². The van der Waals surface area contributed by atoms with E-state index in [-0.39, 0.29) is 6.03 Å². The molecule has 2 fully saturated rings. The average Bonchev–Trinajstić information content (AvgIpc) is 3.53. The van der Waals surface area contributed by atoms with Crippen molar-refractivity contribution in [1.82, 2.24) is 25.6 Å². The molecule has 2 N–H and O–H groups in total. The van der Waals surface area contributed by atoms with Crippen LogP contribution in [0, 0.1) is 0 Å². The molecule has 0 aliphatic carbocycles. The summed E-state index contributed by atoms with van der Waals surface area (Å²) in [6.45, 7) is 1.46. The Labute approximate surface area is 198 Å². The van der Waals surface area contributed by atoms with Crippen LogP contribution < -0.4 is 15.4 Å². The summed E-state index contributed by atoms with van der Waals surface area (Å²) in [5.74, 6) is 1.94. The van der Waals surface area contributed by atoms with Crippen molar-refractivity contribution >= 4 is 28.6 Å². The summed E-state index contributed by atoms with van der Waals surface area (Å²) in [5.41, 5.74) is 1.06. The first-order valence-corrected chi connectivity index (χ1v) is 13.0. The van der Waals surface area contributed by atoms with Crippen LogP contribution in [0.3, 0.4) is 0 Å². The van der Waals surface area contributed by atoms with Gasteiger partial charge in [0, 0.05) is 30.2 Å². The number of unbranched alkanes of at least 4 members (excludes halogenated alkanes) is 2. The zero-order valence-electron chi connectivity index (χ0n) is 18.8. The molecule has 2 aliphatic rings. The lowest BCUT2D eigenvalue weighted by atomic mass is 10.0. The predicted octanol–water partition coefficient (Wildman–Crippen LogP) is 4.17. The number of benzene rings is 2. The summed E-state index contributed by atoms with van der Waals surface area (Å²) >= 11 is 1.99. The molecule has 0 spiro atoms. The van der Waals surface area contributed by atoms with E-state index in [1.165, 1.54) is 23.6 Å². The molecule has 7 nitrogen and oxygen atoms in total. The van der Waals surface area contributed by atoms with Crippen molar-refractivity contribution in [3.63, 3.8) is 0 Å². The highest BCUT2D eigenvalue weighted by Gasteiger charge is 2.42. The largest absolute Gasteiger partial charge is 0.494 e. The number of aromatic nitrogens is 3. The highest BCUT2D eigenvalue weighted by molar-refractivity contribution is 8.00. The number of nitrogens with zero attached hydrogens (tertiary/aromatic N) is 3. The van der Waals surface area contributed by atoms with E-state index in [9.17, 15) is 4.79 Å². The van der Waals surface area contributed by atoms with Crippen molar-refractivity contribution < 1.29 is 9.53 Å². The van der Waals surface area contributed by atoms with Crippen molar-refractivity contribution in [1.29, 1.82) is 0 Å². The van der Waals surface area contributed by atoms with Gasteiger partial charge in [0.15, 0.2) is 0 Å². The van der Waals surface area contributed by atoms with E-state index in [0.717, 1.165) is 49.4 Å². The molecule has 0 radical (unpaired) electrons. The molecular weight excluding hydrogens is 434 g/mol. The zero-order chi connectivity index (χ0) is 22.5. The summed E-state index contributed by atoms with van der Waals surface area (Å²) in [6, 6.07) is 15.2. The Kier molecular flexibility index (Phi) is 7.00. The summed E-state index contributed by atoms with van der Waals surface area (Å²) < 4.78 is 7.84. The minimum absolute atomic E-state index is 0.00126. The first-order valence-electron chi connectivity index (χ1n) is 11.9. The van der Waals surface area contributed by atoms with Crippen LogP contribution >= 0.6 is 11.8 Å². The first kappa shape index (κ1) is 22.1. The molecule has 3 heterocycles. The second-order valence-corrected chi connectivity index (χ2v) is 10.2. The number of fused-ring (bicyclic) bond motifs is 2. The van der Waals surface area contributed by atoms with Crippen molar-refractivity contribution in [3.8, 4) is 5.75 Å². The molecule has 2 saturated heterocycles. The van der Waals surface area contributed by atoms with Gasteiger partial charge in [-0.25, -0.2) is 4.79 Å². The molecule has 3 atom stereocenters. The number of carbonyl (C=O) groups is 1. The highest BCUT2D eigenvalue weighted by Crippen LogP contribution is 2.33. The fourth-order valence-corrected chi connectivity index (χ4v) is 6.25. The number of thioether (sulfide) groups is 1. The van der Waals surface area contributed by atoms with E-state index in [1.807, 2.05) is 28.6 Å². The lowest BCUT2D eigenvalue weighted by molar-refractivity contribution is 0.247. The molecule has 5 rings (SSSR count). The minimum atomic E-state index is -0.00126. The number of amides is 2. The van der Waals surface area contributed by atoms with Crippen LogP contribution in [0.15, 0.2) is 48.7 Å². The molecule has 0 saturated carbocycles. The van der Waals surface area contributed by atoms with Crippen LogP contribution in [-0.2, 0) is 13.0 Å². The Bertz CT molecular complexity index is 1090. The van der Waals surface area contributed by atoms with E-state index in [2.05, 4.69) is 57.5 Å². The lowest BCUT2D eigenvalue weighted by Crippen LogP contribution is -2.36. The molecule has 0 bridgehead atoms. The number of ether oxygens (including phenoxy) is 1. The monoisotopic (exact) mass is 465 g/mol. The van der Waals surface area contributed by atoms with Crippen LogP contribution in [0.1, 0.15) is 37.8 Å². The third-order valence-corrected chi connectivity index (χ3v) is 7.98. The van der Waals surface area contributed by atoms with E-state index in [0.29, 0.717) is 23.9 Å². The SMILES string of the molecule is O=C1N[C@H]2[C@H](CS[C@H]2CCCCCc2cn(CCCOc3ccc4ccccc4c3)nn2)N1. The van der Waals surface area contributed by atoms with Gasteiger partial charge in [-0.1, -0.05) is 48.4 Å². The molecular formula is C25H31N5O2S. The van der Waals surface area contributed by atoms with Crippen LogP contribution in [0.25, 0.3) is 10.8 Å². The maximum Gasteiger partial charge on any atom is 0.315 e. The van der Waals surface area contributed by atoms with E-state index < -0.39 is 0 Å². The number of aryl methyl sites for hydroxylation is 2. The van der Waals surface area contributed by atoms with Gasteiger partial charge in [-0.05, 0) is 42.2 Å². The van der Waals surface area contributed by atoms with Gasteiger partial charge in [-0.15, -0.1) is 5.10 Å². The number of urea groups is 1. The third kappa shape index (κ3) is 5.61. The average molecular weight is 466 g/mol. The lowest BCUT2D eigenvalue weighted by Gasteiger charge is -2.16. The predicted molar refractivity (Wildman–Crippen MR) is 132 cm³/mol. The van der Waals surface area contributed by atoms with Gasteiger partial charge in [0.05, 0.1) is 24.4 Å². The quantitative estimate of drug-likeness (QED) is 0.328. The summed E-state index contributed by atoms with van der Waals surface area (Å²) in [5, 5.41) is 17.6. The smallest absolute Gasteiger partial charge is 0.315 e. The van der Waals surface area contributed by atoms with Crippen LogP contribution in [0.5, 0.6) is 5.75 Å². The number of nitrogens with one attached hydrogen (secondary N) is 2. The molecule has 174 valence electrons. The fraction of sp³-hybridized carbons (Fsp3) is 0.480. The Morgan fingerprint density at radius 3 is 2.91 bits per heavy atom. The van der Waals surface area contributed by atoms with Crippen molar-refractivity contribution in [2.24, 2.45) is 0 Å². The maximum atomic E-state index is 11.5. The van der Waals surface area contributed by atoms with Crippen LogP contribution in [0.4, 0.5) is 4.79 Å². The second-order valence-electron chi connectivity index (χ2n) is 8.91. The molecule has 8 heteroatoms. The summed E-state index contributed by atoms with van der Waals surface area (Å²) in [4.78, 5) is 11.5. The minimum Gasteiger partial charge on any atom is -0.494 e. The van der Waals surface area contributed by atoms with Gasteiger partial charge in [0.1, 0.15) is 5.75 Å². The Morgan fingerprint density at radius 1 is 1.06 bits per heavy atom. The number of rotatable bonds is 11. The molecule has 0 unspecified atom stereocenters. The molecule has 1 aromatic heterocycles. The Balaban J connectivity index is 0.962. The van der Waals surface area contributed by atoms with Gasteiger partial charge < -0.3 is 15.4 Å². The maximum absolute atomic E-state index is 11.5. The zero-order valence-corrected chi connectivity index (χ0v) is 19.6. The summed E-state index contributed by atoms with van der Waals surface area (Å²) in [7, 11) is 0. The molecule has 2 aliphatic heterocycles. The third-order valence-electron chi connectivity index (χ3n) is 6.47. The van der Waals surface area contributed by atoms with Crippen molar-refractivity contribution in [3.05, 3.63) is 54.4 Å².